The molecule has 3 unspecified atom stereocenters. The summed E-state index contributed by atoms with van der Waals surface area (Å²) < 4.78 is 5.21. The highest BCUT2D eigenvalue weighted by molar-refractivity contribution is 5.75. The van der Waals surface area contributed by atoms with E-state index in [0.717, 1.165) is 19.5 Å². The van der Waals surface area contributed by atoms with Gasteiger partial charge in [0.2, 0.25) is 0 Å². The number of carbonyl (C=O) groups is 1. The first-order chi connectivity index (χ1) is 8.67. The largest absolute Gasteiger partial charge is 0.465 e. The smallest absolute Gasteiger partial charge is 0.323 e. The van der Waals surface area contributed by atoms with Crippen LogP contribution in [0.5, 0.6) is 0 Å². The van der Waals surface area contributed by atoms with Crippen molar-refractivity contribution in [1.29, 1.82) is 0 Å². The average molecular weight is 254 g/mol. The number of nitrogens with zero attached hydrogens (tertiary/aromatic N) is 2. The lowest BCUT2D eigenvalue weighted by Crippen LogP contribution is -2.59. The average Bonchev–Trinajstić information content (AvgIpc) is 2.77. The van der Waals surface area contributed by atoms with E-state index in [9.17, 15) is 4.79 Å². The molecular formula is C14H26N2O2. The number of rotatable bonds is 4. The maximum Gasteiger partial charge on any atom is 0.323 e. The molecule has 4 heteroatoms. The van der Waals surface area contributed by atoms with Crippen LogP contribution in [0.2, 0.25) is 0 Å². The molecule has 0 aromatic rings. The number of piperazine rings is 1. The van der Waals surface area contributed by atoms with E-state index in [0.29, 0.717) is 18.7 Å². The predicted molar refractivity (Wildman–Crippen MR) is 71.5 cm³/mol. The maximum absolute atomic E-state index is 12.0. The Hall–Kier alpha value is -0.610. The van der Waals surface area contributed by atoms with Crippen molar-refractivity contribution in [2.24, 2.45) is 0 Å². The van der Waals surface area contributed by atoms with Gasteiger partial charge in [0.1, 0.15) is 6.04 Å². The first-order valence-electron chi connectivity index (χ1n) is 7.33. The van der Waals surface area contributed by atoms with E-state index in [4.69, 9.17) is 4.74 Å². The van der Waals surface area contributed by atoms with Gasteiger partial charge < -0.3 is 4.74 Å². The Bertz CT molecular complexity index is 296. The van der Waals surface area contributed by atoms with E-state index >= 15 is 0 Å². The van der Waals surface area contributed by atoms with E-state index in [1.807, 2.05) is 6.92 Å². The predicted octanol–water partition coefficient (Wildman–Crippen LogP) is 1.50. The van der Waals surface area contributed by atoms with Gasteiger partial charge in [-0.1, -0.05) is 6.92 Å². The normalized spacial score (nSPS) is 31.1. The fraction of sp³-hybridized carbons (Fsp3) is 0.929. The highest BCUT2D eigenvalue weighted by Gasteiger charge is 2.39. The van der Waals surface area contributed by atoms with E-state index < -0.39 is 0 Å². The monoisotopic (exact) mass is 254 g/mol. The third kappa shape index (κ3) is 2.69. The quantitative estimate of drug-likeness (QED) is 0.712. The highest BCUT2D eigenvalue weighted by Crippen LogP contribution is 2.26. The molecule has 2 saturated heterocycles. The third-order valence-corrected chi connectivity index (χ3v) is 4.33. The van der Waals surface area contributed by atoms with Crippen LogP contribution in [0.4, 0.5) is 0 Å². The molecule has 2 rings (SSSR count). The van der Waals surface area contributed by atoms with Crippen molar-refractivity contribution < 1.29 is 9.53 Å². The third-order valence-electron chi connectivity index (χ3n) is 4.33. The molecular weight excluding hydrogens is 228 g/mol. The van der Waals surface area contributed by atoms with Gasteiger partial charge in [0.25, 0.3) is 0 Å². The summed E-state index contributed by atoms with van der Waals surface area (Å²) in [4.78, 5) is 17.0. The zero-order chi connectivity index (χ0) is 13.1. The summed E-state index contributed by atoms with van der Waals surface area (Å²) >= 11 is 0. The topological polar surface area (TPSA) is 32.8 Å². The molecule has 0 aromatic carbocycles. The molecule has 2 aliphatic heterocycles. The van der Waals surface area contributed by atoms with Crippen LogP contribution in [0.15, 0.2) is 0 Å². The van der Waals surface area contributed by atoms with Crippen molar-refractivity contribution in [3.63, 3.8) is 0 Å². The number of hydrogen-bond donors (Lipinski definition) is 0. The summed E-state index contributed by atoms with van der Waals surface area (Å²) in [5, 5.41) is 0. The molecule has 4 nitrogen and oxygen atoms in total. The van der Waals surface area contributed by atoms with Crippen molar-refractivity contribution in [1.82, 2.24) is 9.80 Å². The number of carbonyl (C=O) groups excluding carboxylic acids is 1. The van der Waals surface area contributed by atoms with Gasteiger partial charge in [-0.15, -0.1) is 0 Å². The second kappa shape index (κ2) is 6.02. The summed E-state index contributed by atoms with van der Waals surface area (Å²) in [6.07, 6.45) is 3.43. The molecule has 2 aliphatic rings. The van der Waals surface area contributed by atoms with Gasteiger partial charge in [-0.05, 0) is 39.7 Å². The molecule has 0 aromatic heterocycles. The van der Waals surface area contributed by atoms with Crippen LogP contribution in [0, 0.1) is 0 Å². The highest BCUT2D eigenvalue weighted by atomic mass is 16.5. The van der Waals surface area contributed by atoms with Gasteiger partial charge in [0.05, 0.1) is 6.61 Å². The van der Waals surface area contributed by atoms with E-state index in [1.54, 1.807) is 0 Å². The molecule has 2 fully saturated rings. The lowest BCUT2D eigenvalue weighted by atomic mass is 10.0. The first kappa shape index (κ1) is 13.8. The van der Waals surface area contributed by atoms with Gasteiger partial charge in [-0.2, -0.15) is 0 Å². The molecule has 104 valence electrons. The Labute approximate surface area is 110 Å². The van der Waals surface area contributed by atoms with E-state index in [1.165, 1.54) is 19.4 Å². The lowest BCUT2D eigenvalue weighted by molar-refractivity contribution is -0.152. The number of esters is 1. The minimum absolute atomic E-state index is 0.0432. The Morgan fingerprint density at radius 3 is 2.83 bits per heavy atom. The second-order valence-electron chi connectivity index (χ2n) is 5.51. The zero-order valence-corrected chi connectivity index (χ0v) is 11.9. The minimum atomic E-state index is -0.0531. The van der Waals surface area contributed by atoms with Crippen molar-refractivity contribution >= 4 is 5.97 Å². The van der Waals surface area contributed by atoms with Crippen LogP contribution in [0.1, 0.15) is 40.0 Å². The van der Waals surface area contributed by atoms with Crippen LogP contribution >= 0.6 is 0 Å². The summed E-state index contributed by atoms with van der Waals surface area (Å²) in [6.45, 7) is 10.0. The van der Waals surface area contributed by atoms with Crippen LogP contribution in [-0.2, 0) is 9.53 Å². The van der Waals surface area contributed by atoms with Crippen LogP contribution in [0.3, 0.4) is 0 Å². The van der Waals surface area contributed by atoms with E-state index in [-0.39, 0.29) is 12.0 Å². The molecule has 0 bridgehead atoms. The molecule has 3 atom stereocenters. The number of ether oxygens (including phenoxy) is 1. The van der Waals surface area contributed by atoms with Gasteiger partial charge in [-0.3, -0.25) is 14.6 Å². The Kier molecular flexibility index (Phi) is 4.62. The molecule has 0 radical (unpaired) electrons. The number of fused-ring (bicyclic) bond motifs is 1. The molecule has 18 heavy (non-hydrogen) atoms. The number of hydrogen-bond acceptors (Lipinski definition) is 4. The lowest BCUT2D eigenvalue weighted by Gasteiger charge is -2.45. The van der Waals surface area contributed by atoms with Crippen LogP contribution < -0.4 is 0 Å². The second-order valence-corrected chi connectivity index (χ2v) is 5.51. The summed E-state index contributed by atoms with van der Waals surface area (Å²) in [5.41, 5.74) is 0. The van der Waals surface area contributed by atoms with Crippen molar-refractivity contribution in [3.05, 3.63) is 0 Å². The first-order valence-corrected chi connectivity index (χ1v) is 7.33. The van der Waals surface area contributed by atoms with Crippen molar-refractivity contribution in [2.45, 2.75) is 58.2 Å². The molecule has 0 amide bonds. The SMILES string of the molecule is CCOC(=O)C(CC)N1CC2CCCN2CC1C. The Morgan fingerprint density at radius 2 is 2.17 bits per heavy atom. The fourth-order valence-corrected chi connectivity index (χ4v) is 3.42. The van der Waals surface area contributed by atoms with Crippen LogP contribution in [-0.4, -0.2) is 60.1 Å². The minimum Gasteiger partial charge on any atom is -0.465 e. The van der Waals surface area contributed by atoms with Crippen LogP contribution in [0.25, 0.3) is 0 Å². The summed E-state index contributed by atoms with van der Waals surface area (Å²) in [7, 11) is 0. The maximum atomic E-state index is 12.0. The van der Waals surface area contributed by atoms with E-state index in [2.05, 4.69) is 23.6 Å². The van der Waals surface area contributed by atoms with Gasteiger partial charge in [0.15, 0.2) is 0 Å². The summed E-state index contributed by atoms with van der Waals surface area (Å²) in [6, 6.07) is 1.06. The Balaban J connectivity index is 2.03. The Morgan fingerprint density at radius 1 is 1.39 bits per heavy atom. The van der Waals surface area contributed by atoms with Crippen molar-refractivity contribution in [3.8, 4) is 0 Å². The molecule has 0 N–H and O–H groups in total. The standard InChI is InChI=1S/C14H26N2O2/c1-4-13(14(17)18-5-2)16-10-12-7-6-8-15(12)9-11(16)3/h11-13H,4-10H2,1-3H3. The van der Waals surface area contributed by atoms with Crippen molar-refractivity contribution in [2.75, 3.05) is 26.2 Å². The fourth-order valence-electron chi connectivity index (χ4n) is 3.42. The summed E-state index contributed by atoms with van der Waals surface area (Å²) in [5.74, 6) is -0.0432. The molecule has 0 saturated carbocycles. The molecule has 0 aliphatic carbocycles. The van der Waals surface area contributed by atoms with Gasteiger partial charge in [0, 0.05) is 25.2 Å². The van der Waals surface area contributed by atoms with Gasteiger partial charge >= 0.3 is 5.97 Å². The molecule has 0 spiro atoms. The zero-order valence-electron chi connectivity index (χ0n) is 11.9. The van der Waals surface area contributed by atoms with Gasteiger partial charge in [-0.25, -0.2) is 0 Å². The molecule has 2 heterocycles.